The molecule has 1 aliphatic heterocycles. The van der Waals surface area contributed by atoms with Gasteiger partial charge in [0.25, 0.3) is 5.91 Å². The van der Waals surface area contributed by atoms with Crippen molar-refractivity contribution >= 4 is 17.3 Å². The fraction of sp³-hybridized carbons (Fsp3) is 0.250. The van der Waals surface area contributed by atoms with Crippen molar-refractivity contribution in [1.29, 1.82) is 0 Å². The largest absolute Gasteiger partial charge is 0.378 e. The minimum Gasteiger partial charge on any atom is -0.378 e. The van der Waals surface area contributed by atoms with E-state index >= 15 is 0 Å². The number of amides is 1. The van der Waals surface area contributed by atoms with Crippen molar-refractivity contribution in [3.8, 4) is 0 Å². The number of aromatic nitrogens is 1. The molecular formula is C16H15F2N3O2. The molecule has 1 aromatic heterocycles. The number of nitrogens with zero attached hydrogens (tertiary/aromatic N) is 2. The molecular weight excluding hydrogens is 304 g/mol. The van der Waals surface area contributed by atoms with Gasteiger partial charge in [-0.2, -0.15) is 0 Å². The van der Waals surface area contributed by atoms with Crippen LogP contribution in [-0.4, -0.2) is 42.1 Å². The van der Waals surface area contributed by atoms with E-state index in [0.29, 0.717) is 43.2 Å². The second kappa shape index (κ2) is 6.70. The highest BCUT2D eigenvalue weighted by atomic mass is 19.2. The molecule has 1 saturated heterocycles. The summed E-state index contributed by atoms with van der Waals surface area (Å²) in [6, 6.07) is 5.13. The Hall–Kier alpha value is -2.54. The molecule has 2 aromatic rings. The van der Waals surface area contributed by atoms with E-state index in [1.807, 2.05) is 0 Å². The molecule has 5 nitrogen and oxygen atoms in total. The topological polar surface area (TPSA) is 54.5 Å². The van der Waals surface area contributed by atoms with E-state index in [0.717, 1.165) is 12.1 Å². The zero-order valence-electron chi connectivity index (χ0n) is 12.3. The Bertz CT molecular complexity index is 718. The average molecular weight is 319 g/mol. The maximum atomic E-state index is 13.2. The first kappa shape index (κ1) is 15.4. The maximum absolute atomic E-state index is 13.2. The Kier molecular flexibility index (Phi) is 4.47. The second-order valence-electron chi connectivity index (χ2n) is 5.12. The summed E-state index contributed by atoms with van der Waals surface area (Å²) in [6.45, 7) is 2.12. The summed E-state index contributed by atoms with van der Waals surface area (Å²) >= 11 is 0. The minimum atomic E-state index is -0.941. The van der Waals surface area contributed by atoms with Crippen molar-refractivity contribution in [2.24, 2.45) is 0 Å². The summed E-state index contributed by atoms with van der Waals surface area (Å²) in [6.07, 6.45) is 2.99. The number of hydrogen-bond acceptors (Lipinski definition) is 4. The number of carbonyl (C=O) groups is 1. The molecule has 1 aliphatic rings. The van der Waals surface area contributed by atoms with E-state index in [1.54, 1.807) is 11.0 Å². The maximum Gasteiger partial charge on any atom is 0.255 e. The zero-order valence-corrected chi connectivity index (χ0v) is 12.3. The number of hydrogen-bond donors (Lipinski definition) is 1. The lowest BCUT2D eigenvalue weighted by Crippen LogP contribution is -2.40. The van der Waals surface area contributed by atoms with Crippen molar-refractivity contribution in [2.45, 2.75) is 0 Å². The van der Waals surface area contributed by atoms with Gasteiger partial charge in [-0.05, 0) is 18.2 Å². The lowest BCUT2D eigenvalue weighted by molar-refractivity contribution is 0.0302. The highest BCUT2D eigenvalue weighted by Gasteiger charge is 2.19. The van der Waals surface area contributed by atoms with Crippen molar-refractivity contribution < 1.29 is 18.3 Å². The van der Waals surface area contributed by atoms with E-state index in [-0.39, 0.29) is 5.91 Å². The molecule has 1 aromatic carbocycles. The number of benzene rings is 1. The molecule has 0 saturated carbocycles. The number of rotatable bonds is 3. The van der Waals surface area contributed by atoms with Crippen molar-refractivity contribution in [1.82, 2.24) is 9.88 Å². The SMILES string of the molecule is O=C(c1cncc(Nc2ccc(F)c(F)c2)c1)N1CCOCC1. The average Bonchev–Trinajstić information content (AvgIpc) is 2.58. The van der Waals surface area contributed by atoms with Gasteiger partial charge in [-0.25, -0.2) is 8.78 Å². The standard InChI is InChI=1S/C16H15F2N3O2/c17-14-2-1-12(8-15(14)18)20-13-7-11(9-19-10-13)16(22)21-3-5-23-6-4-21/h1-2,7-10,20H,3-6H2. The van der Waals surface area contributed by atoms with Crippen LogP contribution in [-0.2, 0) is 4.74 Å². The molecule has 2 heterocycles. The first-order valence-electron chi connectivity index (χ1n) is 7.17. The third-order valence-electron chi connectivity index (χ3n) is 3.49. The summed E-state index contributed by atoms with van der Waals surface area (Å²) < 4.78 is 31.4. The van der Waals surface area contributed by atoms with E-state index in [9.17, 15) is 13.6 Å². The Labute approximate surface area is 131 Å². The van der Waals surface area contributed by atoms with Gasteiger partial charge in [0.15, 0.2) is 11.6 Å². The van der Waals surface area contributed by atoms with Gasteiger partial charge in [-0.1, -0.05) is 0 Å². The van der Waals surface area contributed by atoms with E-state index < -0.39 is 11.6 Å². The molecule has 0 unspecified atom stereocenters. The van der Waals surface area contributed by atoms with Crippen molar-refractivity contribution in [3.05, 3.63) is 53.9 Å². The summed E-state index contributed by atoms with van der Waals surface area (Å²) in [5.74, 6) is -1.98. The van der Waals surface area contributed by atoms with E-state index in [4.69, 9.17) is 4.74 Å². The van der Waals surface area contributed by atoms with Gasteiger partial charge in [0.05, 0.1) is 30.7 Å². The van der Waals surface area contributed by atoms with Crippen LogP contribution in [0.15, 0.2) is 36.7 Å². The zero-order chi connectivity index (χ0) is 16.2. The predicted molar refractivity (Wildman–Crippen MR) is 80.6 cm³/mol. The number of ether oxygens (including phenoxy) is 1. The lowest BCUT2D eigenvalue weighted by atomic mass is 10.2. The summed E-state index contributed by atoms with van der Waals surface area (Å²) in [5.41, 5.74) is 1.33. The summed E-state index contributed by atoms with van der Waals surface area (Å²) in [4.78, 5) is 18.1. The highest BCUT2D eigenvalue weighted by Crippen LogP contribution is 2.19. The van der Waals surface area contributed by atoms with Gasteiger partial charge in [0.1, 0.15) is 0 Å². The highest BCUT2D eigenvalue weighted by molar-refractivity contribution is 5.95. The van der Waals surface area contributed by atoms with Crippen LogP contribution in [0.2, 0.25) is 0 Å². The van der Waals surface area contributed by atoms with E-state index in [2.05, 4.69) is 10.3 Å². The quantitative estimate of drug-likeness (QED) is 0.945. The lowest BCUT2D eigenvalue weighted by Gasteiger charge is -2.26. The van der Waals surface area contributed by atoms with Crippen LogP contribution >= 0.6 is 0 Å². The molecule has 3 rings (SSSR count). The Morgan fingerprint density at radius 2 is 1.87 bits per heavy atom. The summed E-state index contributed by atoms with van der Waals surface area (Å²) in [7, 11) is 0. The molecule has 1 amide bonds. The number of halogens is 2. The molecule has 7 heteroatoms. The smallest absolute Gasteiger partial charge is 0.255 e. The third kappa shape index (κ3) is 3.62. The van der Waals surface area contributed by atoms with Crippen molar-refractivity contribution in [2.75, 3.05) is 31.6 Å². The molecule has 120 valence electrons. The van der Waals surface area contributed by atoms with Gasteiger partial charge < -0.3 is 15.0 Å². The molecule has 1 N–H and O–H groups in total. The monoisotopic (exact) mass is 319 g/mol. The summed E-state index contributed by atoms with van der Waals surface area (Å²) in [5, 5.41) is 2.91. The molecule has 23 heavy (non-hydrogen) atoms. The molecule has 0 bridgehead atoms. The minimum absolute atomic E-state index is 0.130. The van der Waals surface area contributed by atoms with Crippen LogP contribution in [0.1, 0.15) is 10.4 Å². The van der Waals surface area contributed by atoms with Crippen LogP contribution in [0.3, 0.4) is 0 Å². The van der Waals surface area contributed by atoms with Crippen LogP contribution < -0.4 is 5.32 Å². The first-order valence-corrected chi connectivity index (χ1v) is 7.17. The number of nitrogens with one attached hydrogen (secondary N) is 1. The number of morpholine rings is 1. The molecule has 0 spiro atoms. The van der Waals surface area contributed by atoms with Crippen LogP contribution in [0.5, 0.6) is 0 Å². The Balaban J connectivity index is 1.76. The first-order chi connectivity index (χ1) is 11.1. The normalized spacial score (nSPS) is 14.6. The van der Waals surface area contributed by atoms with Gasteiger partial charge in [-0.3, -0.25) is 9.78 Å². The number of carbonyl (C=O) groups excluding carboxylic acids is 1. The van der Waals surface area contributed by atoms with Crippen LogP contribution in [0, 0.1) is 11.6 Å². The third-order valence-corrected chi connectivity index (χ3v) is 3.49. The fourth-order valence-electron chi connectivity index (χ4n) is 2.31. The fourth-order valence-corrected chi connectivity index (χ4v) is 2.31. The second-order valence-corrected chi connectivity index (χ2v) is 5.12. The van der Waals surface area contributed by atoms with Gasteiger partial charge >= 0.3 is 0 Å². The van der Waals surface area contributed by atoms with Crippen LogP contribution in [0.25, 0.3) is 0 Å². The van der Waals surface area contributed by atoms with Crippen molar-refractivity contribution in [3.63, 3.8) is 0 Å². The van der Waals surface area contributed by atoms with Gasteiger partial charge in [0, 0.05) is 31.0 Å². The predicted octanol–water partition coefficient (Wildman–Crippen LogP) is 2.58. The van der Waals surface area contributed by atoms with Gasteiger partial charge in [0.2, 0.25) is 0 Å². The Morgan fingerprint density at radius 3 is 2.61 bits per heavy atom. The molecule has 0 radical (unpaired) electrons. The van der Waals surface area contributed by atoms with E-state index in [1.165, 1.54) is 18.5 Å². The van der Waals surface area contributed by atoms with Gasteiger partial charge in [-0.15, -0.1) is 0 Å². The number of anilines is 2. The molecule has 1 fully saturated rings. The van der Waals surface area contributed by atoms with Crippen LogP contribution in [0.4, 0.5) is 20.2 Å². The molecule has 0 aliphatic carbocycles. The number of pyridine rings is 1. The molecule has 0 atom stereocenters. The Morgan fingerprint density at radius 1 is 1.09 bits per heavy atom.